The lowest BCUT2D eigenvalue weighted by atomic mass is 10.1. The lowest BCUT2D eigenvalue weighted by molar-refractivity contribution is 0.0992. The van der Waals surface area contributed by atoms with Gasteiger partial charge in [-0.2, -0.15) is 5.10 Å². The first kappa shape index (κ1) is 13.6. The molecule has 0 aliphatic heterocycles. The predicted octanol–water partition coefficient (Wildman–Crippen LogP) is 1.09. The van der Waals surface area contributed by atoms with Gasteiger partial charge in [-0.1, -0.05) is 5.16 Å². The van der Waals surface area contributed by atoms with Crippen molar-refractivity contribution in [1.29, 1.82) is 0 Å². The van der Waals surface area contributed by atoms with Crippen LogP contribution in [-0.4, -0.2) is 34.2 Å². The van der Waals surface area contributed by atoms with Crippen LogP contribution in [0, 0.1) is 6.92 Å². The molecule has 0 saturated carbocycles. The summed E-state index contributed by atoms with van der Waals surface area (Å²) in [4.78, 5) is 13.8. The van der Waals surface area contributed by atoms with Gasteiger partial charge in [-0.25, -0.2) is 0 Å². The Bertz CT molecular complexity index is 645. The fraction of sp³-hybridized carbons (Fsp3) is 0.154. The van der Waals surface area contributed by atoms with E-state index in [-0.39, 0.29) is 11.7 Å². The van der Waals surface area contributed by atoms with Crippen molar-refractivity contribution in [2.75, 3.05) is 11.9 Å². The van der Waals surface area contributed by atoms with Crippen LogP contribution in [-0.2, 0) is 0 Å². The maximum Gasteiger partial charge on any atom is 0.261 e. The van der Waals surface area contributed by atoms with Crippen LogP contribution in [0.3, 0.4) is 0 Å². The molecule has 0 atom stereocenters. The number of hydrogen-bond donors (Lipinski definition) is 3. The standard InChI is InChI=1S/C13H15N5O2/c1-8-11(7-15-16-8)13(19)18(2)10-5-3-9(4-6-10)12(14)17-20/h3-7,20H,1-2H3,(H2,14,17)(H,15,16). The number of hydrogen-bond acceptors (Lipinski definition) is 4. The SMILES string of the molecule is Cc1[nH]ncc1C(=O)N(C)c1ccc(C(N)=NO)cc1. The summed E-state index contributed by atoms with van der Waals surface area (Å²) in [5, 5.41) is 18.1. The summed E-state index contributed by atoms with van der Waals surface area (Å²) in [5.41, 5.74) is 8.00. The molecular weight excluding hydrogens is 258 g/mol. The number of amidine groups is 1. The van der Waals surface area contributed by atoms with E-state index < -0.39 is 0 Å². The number of amides is 1. The topological polar surface area (TPSA) is 108 Å². The van der Waals surface area contributed by atoms with Gasteiger partial charge in [0.15, 0.2) is 5.84 Å². The van der Waals surface area contributed by atoms with Crippen molar-refractivity contribution in [2.45, 2.75) is 6.92 Å². The molecule has 4 N–H and O–H groups in total. The van der Waals surface area contributed by atoms with Crippen molar-refractivity contribution in [3.63, 3.8) is 0 Å². The molecule has 0 bridgehead atoms. The van der Waals surface area contributed by atoms with Crippen LogP contribution in [0.25, 0.3) is 0 Å². The van der Waals surface area contributed by atoms with E-state index in [4.69, 9.17) is 10.9 Å². The van der Waals surface area contributed by atoms with Crippen molar-refractivity contribution in [2.24, 2.45) is 10.9 Å². The summed E-state index contributed by atoms with van der Waals surface area (Å²) in [7, 11) is 1.67. The van der Waals surface area contributed by atoms with Gasteiger partial charge in [0.2, 0.25) is 0 Å². The second kappa shape index (κ2) is 5.43. The van der Waals surface area contributed by atoms with E-state index in [0.717, 1.165) is 5.69 Å². The first-order valence-corrected chi connectivity index (χ1v) is 5.90. The predicted molar refractivity (Wildman–Crippen MR) is 75.0 cm³/mol. The van der Waals surface area contributed by atoms with E-state index in [1.54, 1.807) is 38.2 Å². The number of nitrogens with two attached hydrogens (primary N) is 1. The molecule has 0 aliphatic carbocycles. The summed E-state index contributed by atoms with van der Waals surface area (Å²) in [5.74, 6) is -0.135. The van der Waals surface area contributed by atoms with Gasteiger partial charge in [-0.05, 0) is 31.2 Å². The van der Waals surface area contributed by atoms with Crippen LogP contribution >= 0.6 is 0 Å². The number of benzene rings is 1. The molecule has 0 saturated heterocycles. The second-order valence-electron chi connectivity index (χ2n) is 4.30. The Morgan fingerprint density at radius 3 is 2.55 bits per heavy atom. The Hall–Kier alpha value is -2.83. The first-order chi connectivity index (χ1) is 9.54. The molecule has 7 nitrogen and oxygen atoms in total. The van der Waals surface area contributed by atoms with E-state index in [0.29, 0.717) is 16.8 Å². The highest BCUT2D eigenvalue weighted by Gasteiger charge is 2.17. The first-order valence-electron chi connectivity index (χ1n) is 5.90. The number of carbonyl (C=O) groups excluding carboxylic acids is 1. The van der Waals surface area contributed by atoms with E-state index in [9.17, 15) is 4.79 Å². The maximum absolute atomic E-state index is 12.3. The largest absolute Gasteiger partial charge is 0.409 e. The number of aryl methyl sites for hydroxylation is 1. The number of carbonyl (C=O) groups is 1. The summed E-state index contributed by atoms with van der Waals surface area (Å²) >= 11 is 0. The zero-order valence-corrected chi connectivity index (χ0v) is 11.2. The molecule has 2 rings (SSSR count). The number of rotatable bonds is 3. The fourth-order valence-electron chi connectivity index (χ4n) is 1.78. The molecule has 1 heterocycles. The Kier molecular flexibility index (Phi) is 3.69. The highest BCUT2D eigenvalue weighted by atomic mass is 16.4. The monoisotopic (exact) mass is 273 g/mol. The lowest BCUT2D eigenvalue weighted by Gasteiger charge is -2.17. The third kappa shape index (κ3) is 2.46. The number of aromatic amines is 1. The summed E-state index contributed by atoms with van der Waals surface area (Å²) in [6, 6.07) is 6.80. The molecule has 7 heteroatoms. The molecule has 1 amide bonds. The third-order valence-corrected chi connectivity index (χ3v) is 3.02. The smallest absolute Gasteiger partial charge is 0.261 e. The van der Waals surface area contributed by atoms with Gasteiger partial charge in [0.05, 0.1) is 11.8 Å². The van der Waals surface area contributed by atoms with Crippen LogP contribution in [0.2, 0.25) is 0 Å². The Labute approximate surface area is 115 Å². The molecule has 104 valence electrons. The van der Waals surface area contributed by atoms with Crippen LogP contribution in [0.4, 0.5) is 5.69 Å². The van der Waals surface area contributed by atoms with Gasteiger partial charge in [0.25, 0.3) is 5.91 Å². The molecule has 20 heavy (non-hydrogen) atoms. The molecule has 0 radical (unpaired) electrons. The van der Waals surface area contributed by atoms with Gasteiger partial charge in [0, 0.05) is 24.0 Å². The van der Waals surface area contributed by atoms with Gasteiger partial charge in [-0.3, -0.25) is 9.89 Å². The number of oxime groups is 1. The Balaban J connectivity index is 2.24. The molecular formula is C13H15N5O2. The number of H-pyrrole nitrogens is 1. The Morgan fingerprint density at radius 1 is 1.40 bits per heavy atom. The normalized spacial score (nSPS) is 11.4. The number of nitrogens with one attached hydrogen (secondary N) is 1. The summed E-state index contributed by atoms with van der Waals surface area (Å²) < 4.78 is 0. The minimum Gasteiger partial charge on any atom is -0.409 e. The number of nitrogens with zero attached hydrogens (tertiary/aromatic N) is 3. The molecule has 0 spiro atoms. The minimum atomic E-state index is -0.159. The van der Waals surface area contributed by atoms with Gasteiger partial charge in [0.1, 0.15) is 0 Å². The molecule has 0 unspecified atom stereocenters. The second-order valence-corrected chi connectivity index (χ2v) is 4.30. The van der Waals surface area contributed by atoms with E-state index in [1.807, 2.05) is 0 Å². The van der Waals surface area contributed by atoms with E-state index >= 15 is 0 Å². The highest BCUT2D eigenvalue weighted by Crippen LogP contribution is 2.17. The van der Waals surface area contributed by atoms with Crippen molar-refractivity contribution in [3.8, 4) is 0 Å². The quantitative estimate of drug-likeness (QED) is 0.336. The van der Waals surface area contributed by atoms with Crippen molar-refractivity contribution >= 4 is 17.4 Å². The average Bonchev–Trinajstić information content (AvgIpc) is 2.91. The van der Waals surface area contributed by atoms with E-state index in [2.05, 4.69) is 15.4 Å². The summed E-state index contributed by atoms with van der Waals surface area (Å²) in [6.07, 6.45) is 1.50. The fourth-order valence-corrected chi connectivity index (χ4v) is 1.78. The molecule has 0 fully saturated rings. The maximum atomic E-state index is 12.3. The minimum absolute atomic E-state index is 0.0243. The van der Waals surface area contributed by atoms with Crippen molar-refractivity contribution < 1.29 is 10.0 Å². The van der Waals surface area contributed by atoms with Crippen molar-refractivity contribution in [3.05, 3.63) is 47.3 Å². The Morgan fingerprint density at radius 2 is 2.05 bits per heavy atom. The molecule has 1 aromatic carbocycles. The summed E-state index contributed by atoms with van der Waals surface area (Å²) in [6.45, 7) is 1.79. The van der Waals surface area contributed by atoms with Crippen molar-refractivity contribution in [1.82, 2.24) is 10.2 Å². The van der Waals surface area contributed by atoms with Gasteiger partial charge >= 0.3 is 0 Å². The average molecular weight is 273 g/mol. The van der Waals surface area contributed by atoms with Crippen LogP contribution < -0.4 is 10.6 Å². The van der Waals surface area contributed by atoms with E-state index in [1.165, 1.54) is 11.1 Å². The van der Waals surface area contributed by atoms with Crippen LogP contribution in [0.1, 0.15) is 21.6 Å². The highest BCUT2D eigenvalue weighted by molar-refractivity contribution is 6.06. The van der Waals surface area contributed by atoms with Gasteiger partial charge < -0.3 is 15.8 Å². The number of aromatic nitrogens is 2. The molecule has 2 aromatic rings. The van der Waals surface area contributed by atoms with Gasteiger partial charge in [-0.15, -0.1) is 0 Å². The van der Waals surface area contributed by atoms with Crippen LogP contribution in [0.5, 0.6) is 0 Å². The van der Waals surface area contributed by atoms with Crippen LogP contribution in [0.15, 0.2) is 35.6 Å². The third-order valence-electron chi connectivity index (χ3n) is 3.02. The zero-order valence-electron chi connectivity index (χ0n) is 11.2. The molecule has 1 aromatic heterocycles. The zero-order chi connectivity index (χ0) is 14.7. The molecule has 0 aliphatic rings. The number of anilines is 1. The lowest BCUT2D eigenvalue weighted by Crippen LogP contribution is -2.26.